The highest BCUT2D eigenvalue weighted by molar-refractivity contribution is 7.91. The molecule has 35 heavy (non-hydrogen) atoms. The lowest BCUT2D eigenvalue weighted by molar-refractivity contribution is -0.136. The molecule has 0 aliphatic carbocycles. The number of carboxylic acids is 1. The van der Waals surface area contributed by atoms with Crippen LogP contribution in [0.5, 0.6) is 0 Å². The molecule has 3 aromatic rings. The summed E-state index contributed by atoms with van der Waals surface area (Å²) in [6.07, 6.45) is -1.48. The average Bonchev–Trinajstić information content (AvgIpc) is 2.78. The molecule has 3 rings (SSSR count). The highest BCUT2D eigenvalue weighted by Gasteiger charge is 2.32. The van der Waals surface area contributed by atoms with Crippen molar-refractivity contribution in [3.05, 3.63) is 95.1 Å². The Hall–Kier alpha value is -3.79. The van der Waals surface area contributed by atoms with Gasteiger partial charge >= 0.3 is 12.1 Å². The number of rotatable bonds is 9. The van der Waals surface area contributed by atoms with Crippen molar-refractivity contribution < 1.29 is 36.6 Å². The van der Waals surface area contributed by atoms with Crippen LogP contribution in [0.4, 0.5) is 19.3 Å². The molecule has 0 saturated heterocycles. The first kappa shape index (κ1) is 25.8. The molecule has 0 radical (unpaired) electrons. The maximum atomic E-state index is 14.5. The zero-order valence-corrected chi connectivity index (χ0v) is 19.5. The number of aryl methyl sites for hydroxylation is 1. The summed E-state index contributed by atoms with van der Waals surface area (Å²) in [7, 11) is -4.16. The molecule has 3 aromatic carbocycles. The van der Waals surface area contributed by atoms with E-state index in [1.54, 1.807) is 31.2 Å². The second-order valence-electron chi connectivity index (χ2n) is 7.83. The van der Waals surface area contributed by atoms with Crippen LogP contribution in [0.2, 0.25) is 0 Å². The molecule has 0 aromatic heterocycles. The number of ether oxygens (including phenoxy) is 1. The van der Waals surface area contributed by atoms with E-state index in [-0.39, 0.29) is 29.0 Å². The molecule has 184 valence electrons. The average molecular weight is 504 g/mol. The summed E-state index contributed by atoms with van der Waals surface area (Å²) in [5, 5.41) is 9.81. The van der Waals surface area contributed by atoms with Gasteiger partial charge in [-0.2, -0.15) is 0 Å². The SMILES string of the molecule is Cc1ccc(S(=O)(=O)C(CCOC(=O)Nc2cccc(CC(=O)O)c2)c2cc(F)ccc2F)cc1. The second-order valence-corrected chi connectivity index (χ2v) is 9.96. The van der Waals surface area contributed by atoms with E-state index in [2.05, 4.69) is 5.32 Å². The number of anilines is 1. The molecule has 1 unspecified atom stereocenters. The fourth-order valence-corrected chi connectivity index (χ4v) is 5.24. The van der Waals surface area contributed by atoms with E-state index in [1.807, 2.05) is 0 Å². The van der Waals surface area contributed by atoms with E-state index in [1.165, 1.54) is 24.3 Å². The molecule has 0 aliphatic heterocycles. The fraction of sp³-hybridized carbons (Fsp3) is 0.200. The molecule has 0 bridgehead atoms. The first-order valence-corrected chi connectivity index (χ1v) is 12.1. The number of hydrogen-bond donors (Lipinski definition) is 2. The van der Waals surface area contributed by atoms with Gasteiger partial charge in [-0.15, -0.1) is 0 Å². The van der Waals surface area contributed by atoms with E-state index in [9.17, 15) is 26.8 Å². The third kappa shape index (κ3) is 6.86. The normalized spacial score (nSPS) is 12.1. The number of hydrogen-bond acceptors (Lipinski definition) is 5. The molecule has 0 fully saturated rings. The van der Waals surface area contributed by atoms with Crippen LogP contribution in [0.25, 0.3) is 0 Å². The van der Waals surface area contributed by atoms with Crippen molar-refractivity contribution in [2.24, 2.45) is 0 Å². The second kappa shape index (κ2) is 11.1. The summed E-state index contributed by atoms with van der Waals surface area (Å²) < 4.78 is 60.1. The van der Waals surface area contributed by atoms with E-state index >= 15 is 0 Å². The van der Waals surface area contributed by atoms with Crippen LogP contribution in [0, 0.1) is 18.6 Å². The number of sulfone groups is 1. The standard InChI is InChI=1S/C25H23F2NO6S/c1-16-5-8-20(9-6-16)35(32,33)23(21-15-18(26)7-10-22(21)27)11-12-34-25(31)28-19-4-2-3-17(13-19)14-24(29)30/h2-10,13,15,23H,11-12,14H2,1H3,(H,28,31)(H,29,30). The lowest BCUT2D eigenvalue weighted by Gasteiger charge is -2.19. The van der Waals surface area contributed by atoms with E-state index in [4.69, 9.17) is 9.84 Å². The van der Waals surface area contributed by atoms with Gasteiger partial charge < -0.3 is 9.84 Å². The first-order chi connectivity index (χ1) is 16.6. The molecular weight excluding hydrogens is 480 g/mol. The van der Waals surface area contributed by atoms with Gasteiger partial charge in [0.05, 0.1) is 23.2 Å². The van der Waals surface area contributed by atoms with Crippen molar-refractivity contribution in [1.82, 2.24) is 0 Å². The quantitative estimate of drug-likeness (QED) is 0.423. The van der Waals surface area contributed by atoms with Gasteiger partial charge in [0, 0.05) is 17.7 Å². The molecule has 1 amide bonds. The van der Waals surface area contributed by atoms with Gasteiger partial charge in [0.15, 0.2) is 9.84 Å². The summed E-state index contributed by atoms with van der Waals surface area (Å²) in [6.45, 7) is 1.37. The number of carboxylic acid groups (broad SMARTS) is 1. The smallest absolute Gasteiger partial charge is 0.411 e. The number of aliphatic carboxylic acids is 1. The number of nitrogens with one attached hydrogen (secondary N) is 1. The molecule has 2 N–H and O–H groups in total. The lowest BCUT2D eigenvalue weighted by Crippen LogP contribution is -2.20. The maximum Gasteiger partial charge on any atom is 0.411 e. The predicted molar refractivity (Wildman–Crippen MR) is 125 cm³/mol. The van der Waals surface area contributed by atoms with Crippen LogP contribution >= 0.6 is 0 Å². The van der Waals surface area contributed by atoms with Crippen LogP contribution < -0.4 is 5.32 Å². The molecular formula is C25H23F2NO6S. The summed E-state index contributed by atoms with van der Waals surface area (Å²) in [5.41, 5.74) is 1.20. The summed E-state index contributed by atoms with van der Waals surface area (Å²) in [4.78, 5) is 23.0. The zero-order valence-electron chi connectivity index (χ0n) is 18.7. The van der Waals surface area contributed by atoms with Crippen molar-refractivity contribution in [3.63, 3.8) is 0 Å². The van der Waals surface area contributed by atoms with Crippen molar-refractivity contribution in [2.75, 3.05) is 11.9 Å². The number of amides is 1. The minimum atomic E-state index is -4.16. The van der Waals surface area contributed by atoms with Crippen LogP contribution in [0.3, 0.4) is 0 Å². The van der Waals surface area contributed by atoms with Gasteiger partial charge in [-0.3, -0.25) is 10.1 Å². The van der Waals surface area contributed by atoms with Crippen LogP contribution in [-0.2, 0) is 25.8 Å². The predicted octanol–water partition coefficient (Wildman–Crippen LogP) is 5.05. The van der Waals surface area contributed by atoms with Gasteiger partial charge in [-0.25, -0.2) is 22.0 Å². The Morgan fingerprint density at radius 2 is 1.74 bits per heavy atom. The van der Waals surface area contributed by atoms with Gasteiger partial charge in [0.25, 0.3) is 0 Å². The van der Waals surface area contributed by atoms with Crippen molar-refractivity contribution in [3.8, 4) is 0 Å². The Bertz CT molecular complexity index is 1330. The Morgan fingerprint density at radius 1 is 1.03 bits per heavy atom. The maximum absolute atomic E-state index is 14.5. The first-order valence-electron chi connectivity index (χ1n) is 10.6. The molecule has 0 aliphatic rings. The molecule has 0 spiro atoms. The summed E-state index contributed by atoms with van der Waals surface area (Å²) in [5.74, 6) is -2.73. The lowest BCUT2D eigenvalue weighted by atomic mass is 10.1. The van der Waals surface area contributed by atoms with Gasteiger partial charge in [0.2, 0.25) is 0 Å². The zero-order chi connectivity index (χ0) is 25.6. The van der Waals surface area contributed by atoms with Gasteiger partial charge in [-0.1, -0.05) is 29.8 Å². The Labute approximate surface area is 201 Å². The number of halogens is 2. The number of carbonyl (C=O) groups excluding carboxylic acids is 1. The highest BCUT2D eigenvalue weighted by atomic mass is 32.2. The monoisotopic (exact) mass is 503 g/mol. The molecule has 7 nitrogen and oxygen atoms in total. The van der Waals surface area contributed by atoms with Crippen LogP contribution in [0.1, 0.15) is 28.4 Å². The largest absolute Gasteiger partial charge is 0.481 e. The van der Waals surface area contributed by atoms with E-state index in [0.717, 1.165) is 23.8 Å². The van der Waals surface area contributed by atoms with Crippen molar-refractivity contribution in [2.45, 2.75) is 29.9 Å². The third-order valence-corrected chi connectivity index (χ3v) is 7.34. The minimum absolute atomic E-state index is 0.0727. The topological polar surface area (TPSA) is 110 Å². The highest BCUT2D eigenvalue weighted by Crippen LogP contribution is 2.34. The van der Waals surface area contributed by atoms with Crippen LogP contribution in [-0.4, -0.2) is 32.2 Å². The van der Waals surface area contributed by atoms with E-state index in [0.29, 0.717) is 5.56 Å². The van der Waals surface area contributed by atoms with Crippen molar-refractivity contribution in [1.29, 1.82) is 0 Å². The molecule has 1 atom stereocenters. The van der Waals surface area contributed by atoms with Gasteiger partial charge in [-0.05, 0) is 55.0 Å². The Morgan fingerprint density at radius 3 is 2.43 bits per heavy atom. The summed E-state index contributed by atoms with van der Waals surface area (Å²) in [6, 6.07) is 14.6. The van der Waals surface area contributed by atoms with Crippen LogP contribution in [0.15, 0.2) is 71.6 Å². The molecule has 0 heterocycles. The van der Waals surface area contributed by atoms with Crippen molar-refractivity contribution >= 4 is 27.6 Å². The number of benzene rings is 3. The third-order valence-electron chi connectivity index (χ3n) is 5.17. The Kier molecular flexibility index (Phi) is 8.18. The molecule has 0 saturated carbocycles. The Balaban J connectivity index is 1.76. The van der Waals surface area contributed by atoms with Gasteiger partial charge in [0.1, 0.15) is 11.6 Å². The number of carbonyl (C=O) groups is 2. The minimum Gasteiger partial charge on any atom is -0.481 e. The van der Waals surface area contributed by atoms with E-state index < -0.39 is 45.4 Å². The summed E-state index contributed by atoms with van der Waals surface area (Å²) >= 11 is 0. The fourth-order valence-electron chi connectivity index (χ4n) is 3.48. The molecule has 10 heteroatoms.